The molecule has 3 heteroatoms. The van der Waals surface area contributed by atoms with Crippen molar-refractivity contribution in [2.45, 2.75) is 65.1 Å². The first-order valence-corrected chi connectivity index (χ1v) is 7.98. The number of nitrogens with zero attached hydrogens (tertiary/aromatic N) is 2. The molecule has 20 heavy (non-hydrogen) atoms. The lowest BCUT2D eigenvalue weighted by atomic mass is 9.91. The highest BCUT2D eigenvalue weighted by Gasteiger charge is 2.36. The quantitative estimate of drug-likeness (QED) is 0.895. The van der Waals surface area contributed by atoms with Crippen molar-refractivity contribution < 1.29 is 0 Å². The summed E-state index contributed by atoms with van der Waals surface area (Å²) in [5.74, 6) is 0. The molecule has 1 aliphatic heterocycles. The molecule has 0 aliphatic carbocycles. The van der Waals surface area contributed by atoms with Crippen molar-refractivity contribution in [2.75, 3.05) is 13.1 Å². The normalized spacial score (nSPS) is 27.7. The number of aryl methyl sites for hydroxylation is 1. The van der Waals surface area contributed by atoms with Gasteiger partial charge in [0.25, 0.3) is 0 Å². The monoisotopic (exact) mass is 275 g/mol. The Bertz CT molecular complexity index is 432. The molecule has 1 fully saturated rings. The maximum absolute atomic E-state index is 4.68. The van der Waals surface area contributed by atoms with Gasteiger partial charge in [-0.1, -0.05) is 26.3 Å². The Balaban J connectivity index is 2.11. The van der Waals surface area contributed by atoms with Gasteiger partial charge in [-0.25, -0.2) is 0 Å². The van der Waals surface area contributed by atoms with Crippen LogP contribution in [0.4, 0.5) is 0 Å². The minimum Gasteiger partial charge on any atom is -0.311 e. The van der Waals surface area contributed by atoms with Gasteiger partial charge in [-0.15, -0.1) is 0 Å². The van der Waals surface area contributed by atoms with Gasteiger partial charge in [-0.2, -0.15) is 0 Å². The van der Waals surface area contributed by atoms with E-state index in [0.29, 0.717) is 6.04 Å². The number of nitrogens with one attached hydrogen (secondary N) is 1. The number of hydrogen-bond acceptors (Lipinski definition) is 3. The summed E-state index contributed by atoms with van der Waals surface area (Å²) in [6, 6.07) is 6.97. The highest BCUT2D eigenvalue weighted by molar-refractivity contribution is 5.11. The average Bonchev–Trinajstić information content (AvgIpc) is 2.43. The smallest absolute Gasteiger partial charge is 0.0547 e. The van der Waals surface area contributed by atoms with E-state index in [9.17, 15) is 0 Å². The lowest BCUT2D eigenvalue weighted by molar-refractivity contribution is 0.0386. The molecule has 2 rings (SSSR count). The predicted octanol–water partition coefficient (Wildman–Crippen LogP) is 3.13. The molecule has 2 atom stereocenters. The molecular weight excluding hydrogens is 246 g/mol. The Labute approximate surface area is 123 Å². The van der Waals surface area contributed by atoms with Crippen LogP contribution < -0.4 is 5.32 Å². The fourth-order valence-corrected chi connectivity index (χ4v) is 3.06. The van der Waals surface area contributed by atoms with Crippen LogP contribution in [-0.4, -0.2) is 34.6 Å². The molecule has 2 heterocycles. The summed E-state index contributed by atoms with van der Waals surface area (Å²) in [7, 11) is 0. The summed E-state index contributed by atoms with van der Waals surface area (Å²) in [6.45, 7) is 12.2. The summed E-state index contributed by atoms with van der Waals surface area (Å²) in [5, 5.41) is 3.73. The van der Waals surface area contributed by atoms with Crippen LogP contribution in [0.1, 0.15) is 51.4 Å². The number of aromatic nitrogens is 1. The molecule has 1 aliphatic rings. The van der Waals surface area contributed by atoms with Crippen LogP contribution in [0.2, 0.25) is 0 Å². The molecule has 0 amide bonds. The molecule has 1 aromatic rings. The molecule has 0 radical (unpaired) electrons. The molecule has 112 valence electrons. The van der Waals surface area contributed by atoms with Gasteiger partial charge in [0.05, 0.1) is 5.69 Å². The lowest BCUT2D eigenvalue weighted by Crippen LogP contribution is -2.62. The minimum absolute atomic E-state index is 0.246. The van der Waals surface area contributed by atoms with E-state index in [1.807, 2.05) is 0 Å². The van der Waals surface area contributed by atoms with E-state index in [1.165, 1.54) is 25.0 Å². The van der Waals surface area contributed by atoms with Crippen molar-refractivity contribution >= 4 is 0 Å². The highest BCUT2D eigenvalue weighted by atomic mass is 15.3. The van der Waals surface area contributed by atoms with E-state index in [0.717, 1.165) is 25.3 Å². The second kappa shape index (κ2) is 6.68. The third kappa shape index (κ3) is 3.58. The molecule has 1 N–H and O–H groups in total. The van der Waals surface area contributed by atoms with Crippen LogP contribution in [0.25, 0.3) is 0 Å². The maximum Gasteiger partial charge on any atom is 0.0547 e. The molecule has 0 bridgehead atoms. The van der Waals surface area contributed by atoms with Gasteiger partial charge < -0.3 is 5.32 Å². The largest absolute Gasteiger partial charge is 0.311 e. The first-order chi connectivity index (χ1) is 9.57. The fraction of sp³-hybridized carbons (Fsp3) is 0.706. The molecule has 3 nitrogen and oxygen atoms in total. The summed E-state index contributed by atoms with van der Waals surface area (Å²) in [5.41, 5.74) is 2.55. The Morgan fingerprint density at radius 3 is 2.85 bits per heavy atom. The summed E-state index contributed by atoms with van der Waals surface area (Å²) in [4.78, 5) is 7.31. The number of hydrogen-bond donors (Lipinski definition) is 1. The highest BCUT2D eigenvalue weighted by Crippen LogP contribution is 2.25. The second-order valence-corrected chi connectivity index (χ2v) is 6.37. The predicted molar refractivity (Wildman–Crippen MR) is 84.8 cm³/mol. The summed E-state index contributed by atoms with van der Waals surface area (Å²) in [6.07, 6.45) is 3.68. The van der Waals surface area contributed by atoms with Crippen molar-refractivity contribution in [1.29, 1.82) is 0 Å². The molecule has 1 saturated heterocycles. The van der Waals surface area contributed by atoms with E-state index in [4.69, 9.17) is 0 Å². The Morgan fingerprint density at radius 2 is 2.20 bits per heavy atom. The maximum atomic E-state index is 4.68. The van der Waals surface area contributed by atoms with Crippen molar-refractivity contribution in [3.63, 3.8) is 0 Å². The Morgan fingerprint density at radius 1 is 1.40 bits per heavy atom. The van der Waals surface area contributed by atoms with E-state index in [1.54, 1.807) is 0 Å². The minimum atomic E-state index is 0.246. The van der Waals surface area contributed by atoms with Crippen LogP contribution in [0.5, 0.6) is 0 Å². The Kier molecular flexibility index (Phi) is 5.17. The topological polar surface area (TPSA) is 28.2 Å². The third-order valence-electron chi connectivity index (χ3n) is 4.67. The molecule has 1 aromatic heterocycles. The zero-order valence-corrected chi connectivity index (χ0v) is 13.4. The van der Waals surface area contributed by atoms with Gasteiger partial charge >= 0.3 is 0 Å². The molecule has 0 saturated carbocycles. The van der Waals surface area contributed by atoms with Crippen molar-refractivity contribution in [3.8, 4) is 0 Å². The van der Waals surface area contributed by atoms with Crippen LogP contribution >= 0.6 is 0 Å². The van der Waals surface area contributed by atoms with Crippen molar-refractivity contribution in [3.05, 3.63) is 29.6 Å². The van der Waals surface area contributed by atoms with Gasteiger partial charge in [0, 0.05) is 36.9 Å². The van der Waals surface area contributed by atoms with E-state index in [2.05, 4.69) is 61.1 Å². The Hall–Kier alpha value is -0.930. The standard InChI is InChI=1S/C17H29N3/c1-5-8-15-11-20(17(4,6-2)13-18-15)12-16-10-7-9-14(3)19-16/h7,9-10,15,18H,5-6,8,11-13H2,1-4H3. The van der Waals surface area contributed by atoms with Crippen LogP contribution in [0.3, 0.4) is 0 Å². The zero-order chi connectivity index (χ0) is 14.6. The number of pyridine rings is 1. The van der Waals surface area contributed by atoms with Gasteiger partial charge in [0.2, 0.25) is 0 Å². The SMILES string of the molecule is CCCC1CN(Cc2cccc(C)n2)C(C)(CC)CN1. The van der Waals surface area contributed by atoms with Crippen LogP contribution in [-0.2, 0) is 6.54 Å². The van der Waals surface area contributed by atoms with E-state index in [-0.39, 0.29) is 5.54 Å². The zero-order valence-electron chi connectivity index (χ0n) is 13.4. The lowest BCUT2D eigenvalue weighted by Gasteiger charge is -2.48. The fourth-order valence-electron chi connectivity index (χ4n) is 3.06. The van der Waals surface area contributed by atoms with Crippen molar-refractivity contribution in [2.24, 2.45) is 0 Å². The van der Waals surface area contributed by atoms with E-state index >= 15 is 0 Å². The molecular formula is C17H29N3. The van der Waals surface area contributed by atoms with Crippen molar-refractivity contribution in [1.82, 2.24) is 15.2 Å². The second-order valence-electron chi connectivity index (χ2n) is 6.37. The number of piperazine rings is 1. The van der Waals surface area contributed by atoms with Gasteiger partial charge in [-0.05, 0) is 38.8 Å². The van der Waals surface area contributed by atoms with Gasteiger partial charge in [-0.3, -0.25) is 9.88 Å². The summed E-state index contributed by atoms with van der Waals surface area (Å²) >= 11 is 0. The first-order valence-electron chi connectivity index (χ1n) is 7.98. The summed E-state index contributed by atoms with van der Waals surface area (Å²) < 4.78 is 0. The number of rotatable bonds is 5. The first kappa shape index (κ1) is 15.5. The van der Waals surface area contributed by atoms with Crippen LogP contribution in [0, 0.1) is 6.92 Å². The molecule has 0 aromatic carbocycles. The van der Waals surface area contributed by atoms with E-state index < -0.39 is 0 Å². The third-order valence-corrected chi connectivity index (χ3v) is 4.67. The van der Waals surface area contributed by atoms with Crippen LogP contribution in [0.15, 0.2) is 18.2 Å². The van der Waals surface area contributed by atoms with Gasteiger partial charge in [0.15, 0.2) is 0 Å². The average molecular weight is 275 g/mol. The van der Waals surface area contributed by atoms with Gasteiger partial charge in [0.1, 0.15) is 0 Å². The molecule has 0 spiro atoms. The molecule has 2 unspecified atom stereocenters.